The molecule has 0 saturated carbocycles. The quantitative estimate of drug-likeness (QED) is 0.805. The Hall–Kier alpha value is -1.76. The number of methoxy groups -OCH3 is 2. The SMILES string of the molecule is COc1cc(CCC(=O)NCC2CCS(=O)(=O)C2)cc(OC)c1. The molecule has 1 aromatic rings. The van der Waals surface area contributed by atoms with Crippen molar-refractivity contribution >= 4 is 15.7 Å². The molecule has 128 valence electrons. The lowest BCUT2D eigenvalue weighted by Gasteiger charge is -2.11. The Kier molecular flexibility index (Phi) is 5.87. The first-order valence-corrected chi connectivity index (χ1v) is 9.43. The lowest BCUT2D eigenvalue weighted by molar-refractivity contribution is -0.121. The largest absolute Gasteiger partial charge is 0.497 e. The number of amides is 1. The van der Waals surface area contributed by atoms with Crippen molar-refractivity contribution in [1.29, 1.82) is 0 Å². The van der Waals surface area contributed by atoms with Crippen LogP contribution in [-0.4, -0.2) is 46.6 Å². The van der Waals surface area contributed by atoms with E-state index in [2.05, 4.69) is 5.32 Å². The van der Waals surface area contributed by atoms with Crippen molar-refractivity contribution in [2.45, 2.75) is 19.3 Å². The van der Waals surface area contributed by atoms with Crippen LogP contribution in [0, 0.1) is 5.92 Å². The molecule has 23 heavy (non-hydrogen) atoms. The van der Waals surface area contributed by atoms with E-state index < -0.39 is 9.84 Å². The monoisotopic (exact) mass is 341 g/mol. The maximum Gasteiger partial charge on any atom is 0.220 e. The molecule has 1 unspecified atom stereocenters. The van der Waals surface area contributed by atoms with Gasteiger partial charge in [-0.1, -0.05) is 0 Å². The number of sulfone groups is 1. The fourth-order valence-corrected chi connectivity index (χ4v) is 4.51. The van der Waals surface area contributed by atoms with Gasteiger partial charge in [0.15, 0.2) is 9.84 Å². The second-order valence-electron chi connectivity index (χ2n) is 5.79. The number of carbonyl (C=O) groups excluding carboxylic acids is 1. The van der Waals surface area contributed by atoms with E-state index in [1.54, 1.807) is 20.3 Å². The van der Waals surface area contributed by atoms with Crippen LogP contribution in [0.5, 0.6) is 11.5 Å². The van der Waals surface area contributed by atoms with Gasteiger partial charge in [0.1, 0.15) is 11.5 Å². The highest BCUT2D eigenvalue weighted by molar-refractivity contribution is 7.91. The maximum absolute atomic E-state index is 11.9. The van der Waals surface area contributed by atoms with Gasteiger partial charge in [-0.2, -0.15) is 0 Å². The van der Waals surface area contributed by atoms with Gasteiger partial charge in [0.25, 0.3) is 0 Å². The van der Waals surface area contributed by atoms with Crippen LogP contribution in [0.3, 0.4) is 0 Å². The van der Waals surface area contributed by atoms with Gasteiger partial charge in [-0.05, 0) is 36.5 Å². The Balaban J connectivity index is 1.80. The van der Waals surface area contributed by atoms with Crippen molar-refractivity contribution < 1.29 is 22.7 Å². The number of nitrogens with one attached hydrogen (secondary N) is 1. The minimum atomic E-state index is -2.89. The summed E-state index contributed by atoms with van der Waals surface area (Å²) >= 11 is 0. The highest BCUT2D eigenvalue weighted by Gasteiger charge is 2.27. The molecule has 7 heteroatoms. The minimum absolute atomic E-state index is 0.0425. The minimum Gasteiger partial charge on any atom is -0.497 e. The van der Waals surface area contributed by atoms with Crippen LogP contribution >= 0.6 is 0 Å². The number of rotatable bonds is 7. The smallest absolute Gasteiger partial charge is 0.220 e. The fraction of sp³-hybridized carbons (Fsp3) is 0.562. The van der Waals surface area contributed by atoms with Gasteiger partial charge >= 0.3 is 0 Å². The average Bonchev–Trinajstić information content (AvgIpc) is 2.89. The van der Waals surface area contributed by atoms with Crippen LogP contribution in [0.1, 0.15) is 18.4 Å². The molecule has 1 saturated heterocycles. The molecule has 0 bridgehead atoms. The normalized spacial score (nSPS) is 19.3. The summed E-state index contributed by atoms with van der Waals surface area (Å²) in [6.07, 6.45) is 1.55. The van der Waals surface area contributed by atoms with Crippen molar-refractivity contribution in [2.24, 2.45) is 5.92 Å². The molecule has 1 aliphatic rings. The Labute approximate surface area is 137 Å². The Morgan fingerprint density at radius 3 is 2.39 bits per heavy atom. The first-order valence-electron chi connectivity index (χ1n) is 7.61. The molecular formula is C16H23NO5S. The van der Waals surface area contributed by atoms with Gasteiger partial charge in [0.05, 0.1) is 25.7 Å². The summed E-state index contributed by atoms with van der Waals surface area (Å²) in [5.41, 5.74) is 0.958. The van der Waals surface area contributed by atoms with Crippen molar-refractivity contribution in [2.75, 3.05) is 32.3 Å². The molecule has 1 N–H and O–H groups in total. The zero-order chi connectivity index (χ0) is 16.9. The van der Waals surface area contributed by atoms with Gasteiger partial charge in [-0.25, -0.2) is 8.42 Å². The third-order valence-corrected chi connectivity index (χ3v) is 5.80. The summed E-state index contributed by atoms with van der Waals surface area (Å²) in [5.74, 6) is 1.76. The second-order valence-corrected chi connectivity index (χ2v) is 8.02. The van der Waals surface area contributed by atoms with Crippen molar-refractivity contribution in [3.63, 3.8) is 0 Å². The molecule has 1 atom stereocenters. The summed E-state index contributed by atoms with van der Waals surface area (Å²) < 4.78 is 33.2. The third-order valence-electron chi connectivity index (χ3n) is 3.97. The Morgan fingerprint density at radius 2 is 1.87 bits per heavy atom. The molecule has 1 amide bonds. The topological polar surface area (TPSA) is 81.7 Å². The lowest BCUT2D eigenvalue weighted by Crippen LogP contribution is -2.29. The highest BCUT2D eigenvalue weighted by atomic mass is 32.2. The van der Waals surface area contributed by atoms with Gasteiger partial charge in [0, 0.05) is 19.0 Å². The van der Waals surface area contributed by atoms with E-state index in [9.17, 15) is 13.2 Å². The molecule has 1 aliphatic heterocycles. The number of aryl methyl sites for hydroxylation is 1. The highest BCUT2D eigenvalue weighted by Crippen LogP contribution is 2.23. The fourth-order valence-electron chi connectivity index (χ4n) is 2.65. The predicted molar refractivity (Wildman–Crippen MR) is 87.6 cm³/mol. The first kappa shape index (κ1) is 17.6. The van der Waals surface area contributed by atoms with Crippen LogP contribution in [-0.2, 0) is 21.1 Å². The number of hydrogen-bond acceptors (Lipinski definition) is 5. The number of benzene rings is 1. The molecule has 6 nitrogen and oxygen atoms in total. The van der Waals surface area contributed by atoms with E-state index in [0.29, 0.717) is 37.3 Å². The molecular weight excluding hydrogens is 318 g/mol. The number of carbonyl (C=O) groups is 1. The van der Waals surface area contributed by atoms with E-state index in [-0.39, 0.29) is 23.3 Å². The van der Waals surface area contributed by atoms with Crippen LogP contribution in [0.25, 0.3) is 0 Å². The van der Waals surface area contributed by atoms with Crippen molar-refractivity contribution in [3.8, 4) is 11.5 Å². The molecule has 0 aliphatic carbocycles. The van der Waals surface area contributed by atoms with E-state index in [1.807, 2.05) is 12.1 Å². The third kappa shape index (κ3) is 5.42. The van der Waals surface area contributed by atoms with Gasteiger partial charge in [0.2, 0.25) is 5.91 Å². The Morgan fingerprint density at radius 1 is 1.22 bits per heavy atom. The summed E-state index contributed by atoms with van der Waals surface area (Å²) in [7, 11) is 0.275. The van der Waals surface area contributed by atoms with Crippen LogP contribution in [0.15, 0.2) is 18.2 Å². The van der Waals surface area contributed by atoms with Crippen molar-refractivity contribution in [3.05, 3.63) is 23.8 Å². The molecule has 0 aromatic heterocycles. The summed E-state index contributed by atoms with van der Waals surface area (Å²) in [6.45, 7) is 0.430. The molecule has 0 spiro atoms. The van der Waals surface area contributed by atoms with Gasteiger partial charge in [-0.3, -0.25) is 4.79 Å². The first-order chi connectivity index (χ1) is 10.9. The molecule has 0 radical (unpaired) electrons. The molecule has 2 rings (SSSR count). The molecule has 1 fully saturated rings. The van der Waals surface area contributed by atoms with Crippen molar-refractivity contribution in [1.82, 2.24) is 5.32 Å². The van der Waals surface area contributed by atoms with Crippen LogP contribution in [0.2, 0.25) is 0 Å². The molecule has 1 heterocycles. The lowest BCUT2D eigenvalue weighted by atomic mass is 10.1. The maximum atomic E-state index is 11.9. The zero-order valence-electron chi connectivity index (χ0n) is 13.5. The van der Waals surface area contributed by atoms with Gasteiger partial charge < -0.3 is 14.8 Å². The number of ether oxygens (including phenoxy) is 2. The summed E-state index contributed by atoms with van der Waals surface area (Å²) in [5, 5.41) is 2.82. The van der Waals surface area contributed by atoms with Gasteiger partial charge in [-0.15, -0.1) is 0 Å². The standard InChI is InChI=1S/C16H23NO5S/c1-21-14-7-12(8-15(9-14)22-2)3-4-16(18)17-10-13-5-6-23(19,20)11-13/h7-9,13H,3-6,10-11H2,1-2H3,(H,17,18). The van der Waals surface area contributed by atoms with E-state index in [1.165, 1.54) is 0 Å². The Bertz CT molecular complexity index is 634. The second kappa shape index (κ2) is 7.68. The van der Waals surface area contributed by atoms with E-state index in [0.717, 1.165) is 5.56 Å². The summed E-state index contributed by atoms with van der Waals surface area (Å²) in [6, 6.07) is 5.53. The molecule has 1 aromatic carbocycles. The van der Waals surface area contributed by atoms with E-state index >= 15 is 0 Å². The number of hydrogen-bond donors (Lipinski definition) is 1. The summed E-state index contributed by atoms with van der Waals surface area (Å²) in [4.78, 5) is 11.9. The average molecular weight is 341 g/mol. The predicted octanol–water partition coefficient (Wildman–Crippen LogP) is 1.19. The van der Waals surface area contributed by atoms with E-state index in [4.69, 9.17) is 9.47 Å². The zero-order valence-corrected chi connectivity index (χ0v) is 14.3. The van der Waals surface area contributed by atoms with Crippen LogP contribution in [0.4, 0.5) is 0 Å². The van der Waals surface area contributed by atoms with Crippen LogP contribution < -0.4 is 14.8 Å².